The van der Waals surface area contributed by atoms with Crippen molar-refractivity contribution in [1.82, 2.24) is 10.2 Å². The zero-order valence-electron chi connectivity index (χ0n) is 12.9. The summed E-state index contributed by atoms with van der Waals surface area (Å²) in [5.41, 5.74) is 2.14. The van der Waals surface area contributed by atoms with Gasteiger partial charge in [-0.2, -0.15) is 0 Å². The van der Waals surface area contributed by atoms with E-state index in [0.29, 0.717) is 6.54 Å². The van der Waals surface area contributed by atoms with Crippen LogP contribution in [0.15, 0.2) is 24.3 Å². The fourth-order valence-electron chi connectivity index (χ4n) is 2.51. The number of carboxylic acids is 1. The highest BCUT2D eigenvalue weighted by Crippen LogP contribution is 2.15. The standard InChI is InChI=1S/C16H26N2O2/c1-16(2,12-18(3)4)11-17-10-14-8-6-5-7-13(14)9-15(19)20/h5-8,17H,9-12H2,1-4H3,(H,19,20). The molecule has 2 N–H and O–H groups in total. The molecule has 0 aromatic heterocycles. The maximum Gasteiger partial charge on any atom is 0.307 e. The predicted octanol–water partition coefficient (Wildman–Crippen LogP) is 1.99. The highest BCUT2D eigenvalue weighted by atomic mass is 16.4. The summed E-state index contributed by atoms with van der Waals surface area (Å²) in [5.74, 6) is -0.787. The minimum absolute atomic E-state index is 0.0823. The van der Waals surface area contributed by atoms with Gasteiger partial charge in [0.15, 0.2) is 0 Å². The van der Waals surface area contributed by atoms with Crippen LogP contribution in [0.3, 0.4) is 0 Å². The third-order valence-corrected chi connectivity index (χ3v) is 3.12. The molecular weight excluding hydrogens is 252 g/mol. The molecule has 0 aliphatic rings. The molecule has 0 atom stereocenters. The lowest BCUT2D eigenvalue weighted by Gasteiger charge is -2.28. The van der Waals surface area contributed by atoms with Gasteiger partial charge in [-0.05, 0) is 30.6 Å². The summed E-state index contributed by atoms with van der Waals surface area (Å²) >= 11 is 0. The Morgan fingerprint density at radius 3 is 2.40 bits per heavy atom. The topological polar surface area (TPSA) is 52.6 Å². The molecule has 0 aliphatic heterocycles. The van der Waals surface area contributed by atoms with Gasteiger partial charge in [-0.3, -0.25) is 4.79 Å². The first kappa shape index (κ1) is 16.7. The second-order valence-electron chi connectivity index (χ2n) is 6.34. The lowest BCUT2D eigenvalue weighted by atomic mass is 9.92. The summed E-state index contributed by atoms with van der Waals surface area (Å²) in [6.07, 6.45) is 0.0823. The van der Waals surface area contributed by atoms with Crippen molar-refractivity contribution in [3.05, 3.63) is 35.4 Å². The van der Waals surface area contributed by atoms with Crippen LogP contribution in [-0.4, -0.2) is 43.2 Å². The van der Waals surface area contributed by atoms with Gasteiger partial charge in [-0.1, -0.05) is 38.1 Å². The number of nitrogens with one attached hydrogen (secondary N) is 1. The minimum atomic E-state index is -0.787. The van der Waals surface area contributed by atoms with Crippen molar-refractivity contribution in [1.29, 1.82) is 0 Å². The monoisotopic (exact) mass is 278 g/mol. The number of carboxylic acid groups (broad SMARTS) is 1. The van der Waals surface area contributed by atoms with Crippen molar-refractivity contribution >= 4 is 5.97 Å². The van der Waals surface area contributed by atoms with E-state index in [-0.39, 0.29) is 11.8 Å². The molecule has 1 aromatic carbocycles. The van der Waals surface area contributed by atoms with Crippen LogP contribution in [0.25, 0.3) is 0 Å². The van der Waals surface area contributed by atoms with Crippen LogP contribution in [0.1, 0.15) is 25.0 Å². The highest BCUT2D eigenvalue weighted by molar-refractivity contribution is 5.70. The van der Waals surface area contributed by atoms with Gasteiger partial charge >= 0.3 is 5.97 Å². The lowest BCUT2D eigenvalue weighted by molar-refractivity contribution is -0.136. The maximum atomic E-state index is 10.8. The first-order chi connectivity index (χ1) is 9.30. The zero-order valence-corrected chi connectivity index (χ0v) is 12.9. The third-order valence-electron chi connectivity index (χ3n) is 3.12. The first-order valence-electron chi connectivity index (χ1n) is 6.94. The average molecular weight is 278 g/mol. The van der Waals surface area contributed by atoms with E-state index < -0.39 is 5.97 Å². The van der Waals surface area contributed by atoms with Gasteiger partial charge in [-0.15, -0.1) is 0 Å². The Balaban J connectivity index is 2.55. The van der Waals surface area contributed by atoms with Crippen LogP contribution < -0.4 is 5.32 Å². The van der Waals surface area contributed by atoms with Crippen LogP contribution in [-0.2, 0) is 17.8 Å². The highest BCUT2D eigenvalue weighted by Gasteiger charge is 2.18. The number of nitrogens with zero attached hydrogens (tertiary/aromatic N) is 1. The van der Waals surface area contributed by atoms with E-state index >= 15 is 0 Å². The lowest BCUT2D eigenvalue weighted by Crippen LogP contribution is -2.37. The SMILES string of the molecule is CN(C)CC(C)(C)CNCc1ccccc1CC(=O)O. The van der Waals surface area contributed by atoms with E-state index in [0.717, 1.165) is 24.2 Å². The van der Waals surface area contributed by atoms with E-state index in [1.807, 2.05) is 24.3 Å². The molecule has 0 fully saturated rings. The third kappa shape index (κ3) is 6.17. The Labute approximate surface area is 121 Å². The molecule has 1 rings (SSSR count). The van der Waals surface area contributed by atoms with Crippen molar-refractivity contribution in [2.24, 2.45) is 5.41 Å². The van der Waals surface area contributed by atoms with Crippen LogP contribution in [0.5, 0.6) is 0 Å². The summed E-state index contributed by atoms with van der Waals surface area (Å²) in [6.45, 7) is 7.07. The Kier molecular flexibility index (Phi) is 6.17. The van der Waals surface area contributed by atoms with Gasteiger partial charge in [0.2, 0.25) is 0 Å². The fraction of sp³-hybridized carbons (Fsp3) is 0.562. The molecule has 4 heteroatoms. The number of benzene rings is 1. The molecule has 0 amide bonds. The fourth-order valence-corrected chi connectivity index (χ4v) is 2.51. The van der Waals surface area contributed by atoms with Crippen molar-refractivity contribution in [2.45, 2.75) is 26.8 Å². The summed E-state index contributed by atoms with van der Waals surface area (Å²) in [4.78, 5) is 13.0. The quantitative estimate of drug-likeness (QED) is 0.763. The minimum Gasteiger partial charge on any atom is -0.481 e. The largest absolute Gasteiger partial charge is 0.481 e. The number of aliphatic carboxylic acids is 1. The van der Waals surface area contributed by atoms with Crippen molar-refractivity contribution in [2.75, 3.05) is 27.2 Å². The van der Waals surface area contributed by atoms with Gasteiger partial charge in [0.1, 0.15) is 0 Å². The van der Waals surface area contributed by atoms with E-state index in [4.69, 9.17) is 5.11 Å². The van der Waals surface area contributed by atoms with Crippen LogP contribution in [0.2, 0.25) is 0 Å². The predicted molar refractivity (Wildman–Crippen MR) is 81.8 cm³/mol. The summed E-state index contributed by atoms with van der Waals surface area (Å²) in [6, 6.07) is 7.71. The Hall–Kier alpha value is -1.39. The summed E-state index contributed by atoms with van der Waals surface area (Å²) in [7, 11) is 4.15. The molecule has 0 saturated heterocycles. The number of rotatable bonds is 8. The van der Waals surface area contributed by atoms with Gasteiger partial charge in [0.25, 0.3) is 0 Å². The Morgan fingerprint density at radius 1 is 1.25 bits per heavy atom. The van der Waals surface area contributed by atoms with Crippen molar-refractivity contribution in [3.63, 3.8) is 0 Å². The number of hydrogen-bond donors (Lipinski definition) is 2. The van der Waals surface area contributed by atoms with Gasteiger partial charge in [-0.25, -0.2) is 0 Å². The molecular formula is C16H26N2O2. The molecule has 4 nitrogen and oxygen atoms in total. The normalized spacial score (nSPS) is 11.8. The Morgan fingerprint density at radius 2 is 1.85 bits per heavy atom. The smallest absolute Gasteiger partial charge is 0.307 e. The molecule has 0 heterocycles. The van der Waals surface area contributed by atoms with Crippen LogP contribution in [0, 0.1) is 5.41 Å². The van der Waals surface area contributed by atoms with Crippen molar-refractivity contribution < 1.29 is 9.90 Å². The molecule has 0 radical (unpaired) electrons. The Bertz CT molecular complexity index is 442. The molecule has 0 unspecified atom stereocenters. The van der Waals surface area contributed by atoms with E-state index in [1.165, 1.54) is 0 Å². The molecule has 1 aromatic rings. The molecule has 112 valence electrons. The summed E-state index contributed by atoms with van der Waals surface area (Å²) < 4.78 is 0. The zero-order chi connectivity index (χ0) is 15.2. The van der Waals surface area contributed by atoms with Gasteiger partial charge in [0.05, 0.1) is 6.42 Å². The van der Waals surface area contributed by atoms with Crippen LogP contribution in [0.4, 0.5) is 0 Å². The number of carbonyl (C=O) groups is 1. The molecule has 0 bridgehead atoms. The second-order valence-corrected chi connectivity index (χ2v) is 6.34. The summed E-state index contributed by atoms with van der Waals surface area (Å²) in [5, 5.41) is 12.4. The van der Waals surface area contributed by atoms with E-state index in [2.05, 4.69) is 38.2 Å². The van der Waals surface area contributed by atoms with E-state index in [1.54, 1.807) is 0 Å². The van der Waals surface area contributed by atoms with E-state index in [9.17, 15) is 4.79 Å². The molecule has 0 saturated carbocycles. The molecule has 20 heavy (non-hydrogen) atoms. The molecule has 0 aliphatic carbocycles. The van der Waals surface area contributed by atoms with Crippen LogP contribution >= 0.6 is 0 Å². The van der Waals surface area contributed by atoms with Gasteiger partial charge < -0.3 is 15.3 Å². The first-order valence-corrected chi connectivity index (χ1v) is 6.94. The second kappa shape index (κ2) is 7.41. The average Bonchev–Trinajstić information content (AvgIpc) is 2.28. The number of hydrogen-bond acceptors (Lipinski definition) is 3. The van der Waals surface area contributed by atoms with Crippen molar-refractivity contribution in [3.8, 4) is 0 Å². The van der Waals surface area contributed by atoms with Gasteiger partial charge in [0, 0.05) is 19.6 Å². The maximum absolute atomic E-state index is 10.8. The molecule has 0 spiro atoms.